The minimum atomic E-state index is -4.51. The molecule has 112 valence electrons. The van der Waals surface area contributed by atoms with Crippen molar-refractivity contribution in [1.82, 2.24) is 9.78 Å². The van der Waals surface area contributed by atoms with E-state index >= 15 is 0 Å². The molecule has 2 aromatic rings. The number of alkyl halides is 3. The van der Waals surface area contributed by atoms with Gasteiger partial charge in [0.05, 0.1) is 5.69 Å². The molecule has 1 aliphatic heterocycles. The van der Waals surface area contributed by atoms with Crippen molar-refractivity contribution in [3.8, 4) is 11.3 Å². The summed E-state index contributed by atoms with van der Waals surface area (Å²) in [6, 6.07) is 10.1. The zero-order valence-electron chi connectivity index (χ0n) is 11.5. The van der Waals surface area contributed by atoms with Crippen molar-refractivity contribution in [3.63, 3.8) is 0 Å². The minimum absolute atomic E-state index is 0.0867. The topological polar surface area (TPSA) is 21.1 Å². The summed E-state index contributed by atoms with van der Waals surface area (Å²) < 4.78 is 39.8. The molecule has 1 aliphatic rings. The molecule has 3 nitrogen and oxygen atoms in total. The zero-order valence-corrected chi connectivity index (χ0v) is 11.5. The second-order valence-corrected chi connectivity index (χ2v) is 5.18. The highest BCUT2D eigenvalue weighted by Gasteiger charge is 2.35. The van der Waals surface area contributed by atoms with E-state index in [2.05, 4.69) is 5.10 Å². The summed E-state index contributed by atoms with van der Waals surface area (Å²) in [5.74, 6) is 0.408. The van der Waals surface area contributed by atoms with Gasteiger partial charge in [0, 0.05) is 24.7 Å². The van der Waals surface area contributed by atoms with Crippen LogP contribution < -0.4 is 4.90 Å². The van der Waals surface area contributed by atoms with Gasteiger partial charge in [-0.2, -0.15) is 4.68 Å². The van der Waals surface area contributed by atoms with Crippen molar-refractivity contribution >= 4 is 5.82 Å². The van der Waals surface area contributed by atoms with Crippen LogP contribution in [0.2, 0.25) is 0 Å². The highest BCUT2D eigenvalue weighted by molar-refractivity contribution is 5.64. The van der Waals surface area contributed by atoms with Crippen molar-refractivity contribution in [3.05, 3.63) is 36.4 Å². The molecule has 0 aliphatic carbocycles. The van der Waals surface area contributed by atoms with Gasteiger partial charge in [-0.3, -0.25) is 0 Å². The molecule has 3 rings (SSSR count). The molecule has 21 heavy (non-hydrogen) atoms. The first-order valence-corrected chi connectivity index (χ1v) is 7.03. The molecule has 1 aromatic heterocycles. The van der Waals surface area contributed by atoms with Crippen LogP contribution in [0.5, 0.6) is 0 Å². The third-order valence-corrected chi connectivity index (χ3v) is 3.69. The van der Waals surface area contributed by atoms with Gasteiger partial charge < -0.3 is 4.90 Å². The van der Waals surface area contributed by atoms with Crippen LogP contribution in [0.3, 0.4) is 0 Å². The number of benzene rings is 1. The van der Waals surface area contributed by atoms with Gasteiger partial charge in [-0.1, -0.05) is 30.3 Å². The summed E-state index contributed by atoms with van der Waals surface area (Å²) in [5, 5.41) is 3.80. The second kappa shape index (κ2) is 5.42. The Morgan fingerprint density at radius 1 is 0.952 bits per heavy atom. The Hall–Kier alpha value is -1.98. The molecule has 0 amide bonds. The molecule has 0 bridgehead atoms. The fourth-order valence-electron chi connectivity index (χ4n) is 2.65. The number of hydrogen-bond acceptors (Lipinski definition) is 2. The Labute approximate surface area is 121 Å². The summed E-state index contributed by atoms with van der Waals surface area (Å²) in [5.41, 5.74) is 0.606. The molecule has 0 spiro atoms. The van der Waals surface area contributed by atoms with Crippen LogP contribution >= 0.6 is 0 Å². The molecule has 1 fully saturated rings. The summed E-state index contributed by atoms with van der Waals surface area (Å²) in [4.78, 5) is 1.93. The van der Waals surface area contributed by atoms with Crippen LogP contribution in [0.15, 0.2) is 36.4 Å². The van der Waals surface area contributed by atoms with Crippen LogP contribution in [0.4, 0.5) is 19.0 Å². The van der Waals surface area contributed by atoms with Crippen LogP contribution in [-0.4, -0.2) is 22.9 Å². The Morgan fingerprint density at radius 3 is 2.24 bits per heavy atom. The van der Waals surface area contributed by atoms with Crippen LogP contribution in [0.1, 0.15) is 19.3 Å². The first-order chi connectivity index (χ1) is 10.1. The van der Waals surface area contributed by atoms with E-state index in [9.17, 15) is 13.2 Å². The molecule has 0 unspecified atom stereocenters. The molecule has 2 heterocycles. The Balaban J connectivity index is 2.03. The lowest BCUT2D eigenvalue weighted by molar-refractivity contribution is -0.210. The first kappa shape index (κ1) is 14.0. The number of hydrogen-bond donors (Lipinski definition) is 0. The number of piperidine rings is 1. The number of rotatable bonds is 2. The number of halogens is 3. The lowest BCUT2D eigenvalue weighted by Crippen LogP contribution is -2.30. The summed E-state index contributed by atoms with van der Waals surface area (Å²) in [7, 11) is 0. The fraction of sp³-hybridized carbons (Fsp3) is 0.400. The minimum Gasteiger partial charge on any atom is -0.355 e. The first-order valence-electron chi connectivity index (χ1n) is 7.03. The van der Waals surface area contributed by atoms with Gasteiger partial charge in [0.25, 0.3) is 0 Å². The predicted molar refractivity (Wildman–Crippen MR) is 75.0 cm³/mol. The summed E-state index contributed by atoms with van der Waals surface area (Å²) in [6.45, 7) is 1.53. The van der Waals surface area contributed by atoms with E-state index in [1.165, 1.54) is 6.07 Å². The number of nitrogens with zero attached hydrogens (tertiary/aromatic N) is 3. The fourth-order valence-corrected chi connectivity index (χ4v) is 2.65. The maximum atomic E-state index is 13.2. The van der Waals surface area contributed by atoms with E-state index in [0.717, 1.165) is 32.4 Å². The van der Waals surface area contributed by atoms with E-state index in [1.807, 2.05) is 4.90 Å². The lowest BCUT2D eigenvalue weighted by Gasteiger charge is -2.26. The van der Waals surface area contributed by atoms with Crippen LogP contribution in [0.25, 0.3) is 11.3 Å². The van der Waals surface area contributed by atoms with Crippen molar-refractivity contribution in [2.45, 2.75) is 25.6 Å². The SMILES string of the molecule is FC(F)(F)n1nc(N2CCCCC2)cc1-c1ccccc1. The van der Waals surface area contributed by atoms with Gasteiger partial charge in [-0.25, -0.2) is 0 Å². The van der Waals surface area contributed by atoms with Crippen molar-refractivity contribution in [1.29, 1.82) is 0 Å². The molecular weight excluding hydrogens is 279 g/mol. The van der Waals surface area contributed by atoms with Crippen molar-refractivity contribution < 1.29 is 13.2 Å². The predicted octanol–water partition coefficient (Wildman–Crippen LogP) is 4.02. The van der Waals surface area contributed by atoms with Gasteiger partial charge in [0.2, 0.25) is 0 Å². The highest BCUT2D eigenvalue weighted by Crippen LogP contribution is 2.33. The Morgan fingerprint density at radius 2 is 1.62 bits per heavy atom. The van der Waals surface area contributed by atoms with Crippen molar-refractivity contribution in [2.24, 2.45) is 0 Å². The average molecular weight is 295 g/mol. The van der Waals surface area contributed by atoms with E-state index in [0.29, 0.717) is 11.4 Å². The maximum absolute atomic E-state index is 13.2. The van der Waals surface area contributed by atoms with Crippen LogP contribution in [-0.2, 0) is 6.30 Å². The van der Waals surface area contributed by atoms with E-state index in [-0.39, 0.29) is 10.4 Å². The largest absolute Gasteiger partial charge is 0.505 e. The lowest BCUT2D eigenvalue weighted by atomic mass is 10.1. The molecule has 0 N–H and O–H groups in total. The molecule has 1 saturated heterocycles. The second-order valence-electron chi connectivity index (χ2n) is 5.18. The molecule has 0 radical (unpaired) electrons. The number of aromatic nitrogens is 2. The Kier molecular flexibility index (Phi) is 3.61. The average Bonchev–Trinajstić information content (AvgIpc) is 2.94. The van der Waals surface area contributed by atoms with Crippen LogP contribution in [0, 0.1) is 0 Å². The quantitative estimate of drug-likeness (QED) is 0.834. The van der Waals surface area contributed by atoms with Gasteiger partial charge in [0.1, 0.15) is 0 Å². The van der Waals surface area contributed by atoms with Gasteiger partial charge in [-0.05, 0) is 19.3 Å². The van der Waals surface area contributed by atoms with E-state index in [1.54, 1.807) is 30.3 Å². The monoisotopic (exact) mass is 295 g/mol. The summed E-state index contributed by atoms with van der Waals surface area (Å²) in [6.07, 6.45) is -1.39. The zero-order chi connectivity index (χ0) is 14.9. The molecule has 0 atom stereocenters. The normalized spacial score (nSPS) is 16.2. The molecule has 1 aromatic carbocycles. The van der Waals surface area contributed by atoms with Crippen molar-refractivity contribution in [2.75, 3.05) is 18.0 Å². The standard InChI is InChI=1S/C15H16F3N3/c16-15(17,18)21-13(12-7-3-1-4-8-12)11-14(19-21)20-9-5-2-6-10-20/h1,3-4,7-8,11H,2,5-6,9-10H2. The van der Waals surface area contributed by atoms with E-state index < -0.39 is 6.30 Å². The molecule has 6 heteroatoms. The van der Waals surface area contributed by atoms with Gasteiger partial charge >= 0.3 is 6.30 Å². The Bertz CT molecular complexity index is 598. The van der Waals surface area contributed by atoms with Gasteiger partial charge in [-0.15, -0.1) is 18.3 Å². The number of anilines is 1. The molecule has 0 saturated carbocycles. The summed E-state index contributed by atoms with van der Waals surface area (Å²) >= 11 is 0. The third kappa shape index (κ3) is 2.89. The molecular formula is C15H16F3N3. The van der Waals surface area contributed by atoms with E-state index in [4.69, 9.17) is 0 Å². The maximum Gasteiger partial charge on any atom is 0.505 e. The third-order valence-electron chi connectivity index (χ3n) is 3.69. The van der Waals surface area contributed by atoms with Gasteiger partial charge in [0.15, 0.2) is 5.82 Å². The highest BCUT2D eigenvalue weighted by atomic mass is 19.4. The smallest absolute Gasteiger partial charge is 0.355 e.